The van der Waals surface area contributed by atoms with E-state index in [1.54, 1.807) is 0 Å². The SMILES string of the molecule is CCOc1ccc(N=C2NC(=O)/C(=C\c3ccc(-c4ccccc4)cc3)S2)cc1. The second-order valence-corrected chi connectivity index (χ2v) is 7.43. The fraction of sp³-hybridized carbons (Fsp3) is 0.0833. The summed E-state index contributed by atoms with van der Waals surface area (Å²) in [5.41, 5.74) is 4.06. The smallest absolute Gasteiger partial charge is 0.264 e. The third-order valence-electron chi connectivity index (χ3n) is 4.34. The Hall–Kier alpha value is -3.31. The first-order chi connectivity index (χ1) is 14.2. The van der Waals surface area contributed by atoms with E-state index in [4.69, 9.17) is 4.74 Å². The molecule has 1 amide bonds. The van der Waals surface area contributed by atoms with Crippen molar-refractivity contribution in [2.45, 2.75) is 6.92 Å². The van der Waals surface area contributed by atoms with Gasteiger partial charge in [-0.3, -0.25) is 4.79 Å². The van der Waals surface area contributed by atoms with Gasteiger partial charge in [-0.2, -0.15) is 0 Å². The molecule has 1 heterocycles. The lowest BCUT2D eigenvalue weighted by atomic mass is 10.0. The molecule has 0 radical (unpaired) electrons. The number of amides is 1. The number of hydrogen-bond donors (Lipinski definition) is 1. The molecule has 3 aromatic rings. The lowest BCUT2D eigenvalue weighted by molar-refractivity contribution is -0.115. The summed E-state index contributed by atoms with van der Waals surface area (Å²) in [7, 11) is 0. The predicted molar refractivity (Wildman–Crippen MR) is 120 cm³/mol. The fourth-order valence-corrected chi connectivity index (χ4v) is 3.78. The third-order valence-corrected chi connectivity index (χ3v) is 5.25. The van der Waals surface area contributed by atoms with Crippen molar-refractivity contribution in [3.63, 3.8) is 0 Å². The largest absolute Gasteiger partial charge is 0.494 e. The Labute approximate surface area is 174 Å². The minimum Gasteiger partial charge on any atom is -0.494 e. The van der Waals surface area contributed by atoms with Crippen LogP contribution in [0.3, 0.4) is 0 Å². The number of carbonyl (C=O) groups is 1. The van der Waals surface area contributed by atoms with E-state index in [0.29, 0.717) is 16.7 Å². The van der Waals surface area contributed by atoms with Crippen molar-refractivity contribution in [3.05, 3.63) is 89.3 Å². The Morgan fingerprint density at radius 2 is 1.62 bits per heavy atom. The first-order valence-corrected chi connectivity index (χ1v) is 10.2. The molecule has 29 heavy (non-hydrogen) atoms. The van der Waals surface area contributed by atoms with Gasteiger partial charge in [0.2, 0.25) is 0 Å². The Balaban J connectivity index is 1.48. The topological polar surface area (TPSA) is 50.7 Å². The predicted octanol–water partition coefficient (Wildman–Crippen LogP) is 5.64. The van der Waals surface area contributed by atoms with Crippen LogP contribution in [0.1, 0.15) is 12.5 Å². The molecule has 0 bridgehead atoms. The molecule has 144 valence electrons. The lowest BCUT2D eigenvalue weighted by Gasteiger charge is -2.02. The molecule has 0 spiro atoms. The van der Waals surface area contributed by atoms with E-state index in [1.165, 1.54) is 17.3 Å². The van der Waals surface area contributed by atoms with Crippen LogP contribution in [0.15, 0.2) is 88.8 Å². The highest BCUT2D eigenvalue weighted by Crippen LogP contribution is 2.29. The molecule has 1 N–H and O–H groups in total. The van der Waals surface area contributed by atoms with Crippen LogP contribution in [0.2, 0.25) is 0 Å². The summed E-state index contributed by atoms with van der Waals surface area (Å²) in [4.78, 5) is 17.4. The van der Waals surface area contributed by atoms with Crippen LogP contribution < -0.4 is 10.1 Å². The summed E-state index contributed by atoms with van der Waals surface area (Å²) in [6.45, 7) is 2.57. The van der Waals surface area contributed by atoms with Crippen molar-refractivity contribution in [1.29, 1.82) is 0 Å². The van der Waals surface area contributed by atoms with Gasteiger partial charge in [0, 0.05) is 0 Å². The summed E-state index contributed by atoms with van der Waals surface area (Å²) in [6.07, 6.45) is 1.88. The molecule has 0 unspecified atom stereocenters. The molecule has 1 saturated heterocycles. The molecule has 0 aromatic heterocycles. The number of amidine groups is 1. The second kappa shape index (κ2) is 8.80. The van der Waals surface area contributed by atoms with Gasteiger partial charge in [-0.1, -0.05) is 54.6 Å². The van der Waals surface area contributed by atoms with Crippen molar-refractivity contribution < 1.29 is 9.53 Å². The highest BCUT2D eigenvalue weighted by Gasteiger charge is 2.23. The summed E-state index contributed by atoms with van der Waals surface area (Å²) in [5.74, 6) is 0.672. The van der Waals surface area contributed by atoms with E-state index >= 15 is 0 Å². The van der Waals surface area contributed by atoms with E-state index in [-0.39, 0.29) is 5.91 Å². The molecule has 1 aliphatic heterocycles. The number of aliphatic imine (C=N–C) groups is 1. The van der Waals surface area contributed by atoms with Crippen LogP contribution >= 0.6 is 11.8 Å². The molecule has 0 saturated carbocycles. The van der Waals surface area contributed by atoms with Crippen LogP contribution in [0.4, 0.5) is 5.69 Å². The van der Waals surface area contributed by atoms with Crippen LogP contribution in [0.5, 0.6) is 5.75 Å². The number of nitrogens with zero attached hydrogens (tertiary/aromatic N) is 1. The number of carbonyl (C=O) groups excluding carboxylic acids is 1. The average Bonchev–Trinajstić information content (AvgIpc) is 3.09. The van der Waals surface area contributed by atoms with Crippen LogP contribution in [0.25, 0.3) is 17.2 Å². The van der Waals surface area contributed by atoms with Gasteiger partial charge in [0.15, 0.2) is 5.17 Å². The molecule has 1 fully saturated rings. The van der Waals surface area contributed by atoms with Crippen molar-refractivity contribution in [2.75, 3.05) is 6.61 Å². The number of hydrogen-bond acceptors (Lipinski definition) is 4. The van der Waals surface area contributed by atoms with Gasteiger partial charge >= 0.3 is 0 Å². The zero-order valence-corrected chi connectivity index (χ0v) is 16.8. The highest BCUT2D eigenvalue weighted by atomic mass is 32.2. The summed E-state index contributed by atoms with van der Waals surface area (Å²) < 4.78 is 5.44. The monoisotopic (exact) mass is 400 g/mol. The second-order valence-electron chi connectivity index (χ2n) is 6.40. The van der Waals surface area contributed by atoms with Crippen molar-refractivity contribution in [2.24, 2.45) is 4.99 Å². The summed E-state index contributed by atoms with van der Waals surface area (Å²) in [6, 6.07) is 25.9. The molecule has 1 aliphatic rings. The van der Waals surface area contributed by atoms with Crippen molar-refractivity contribution in [1.82, 2.24) is 5.32 Å². The standard InChI is InChI=1S/C24H20N2O2S/c1-2-28-21-14-12-20(13-15-21)25-24-26-23(27)22(29-24)16-17-8-10-19(11-9-17)18-6-4-3-5-7-18/h3-16H,2H2,1H3,(H,25,26,27)/b22-16+. The number of benzene rings is 3. The molecular formula is C24H20N2O2S. The Morgan fingerprint density at radius 3 is 2.31 bits per heavy atom. The molecule has 5 heteroatoms. The van der Waals surface area contributed by atoms with Gasteiger partial charge in [0.05, 0.1) is 17.2 Å². The van der Waals surface area contributed by atoms with Crippen LogP contribution in [-0.2, 0) is 4.79 Å². The first kappa shape index (κ1) is 19.0. The average molecular weight is 401 g/mol. The third kappa shape index (κ3) is 4.76. The van der Waals surface area contributed by atoms with Gasteiger partial charge in [0.1, 0.15) is 5.75 Å². The van der Waals surface area contributed by atoms with Crippen LogP contribution in [-0.4, -0.2) is 17.7 Å². The number of ether oxygens (including phenoxy) is 1. The zero-order chi connectivity index (χ0) is 20.1. The van der Waals surface area contributed by atoms with Gasteiger partial charge in [-0.25, -0.2) is 4.99 Å². The number of nitrogens with one attached hydrogen (secondary N) is 1. The minimum absolute atomic E-state index is 0.133. The fourth-order valence-electron chi connectivity index (χ4n) is 2.94. The molecule has 4 nitrogen and oxygen atoms in total. The van der Waals surface area contributed by atoms with Crippen molar-refractivity contribution >= 4 is 34.6 Å². The molecule has 4 rings (SSSR count). The zero-order valence-electron chi connectivity index (χ0n) is 16.0. The normalized spacial score (nSPS) is 16.2. The minimum atomic E-state index is -0.133. The Bertz CT molecular complexity index is 1060. The lowest BCUT2D eigenvalue weighted by Crippen LogP contribution is -2.19. The van der Waals surface area contributed by atoms with Gasteiger partial charge in [-0.05, 0) is 65.7 Å². The Kier molecular flexibility index (Phi) is 5.77. The maximum absolute atomic E-state index is 12.3. The van der Waals surface area contributed by atoms with E-state index in [1.807, 2.05) is 67.6 Å². The number of rotatable bonds is 5. The van der Waals surface area contributed by atoms with E-state index in [0.717, 1.165) is 22.6 Å². The van der Waals surface area contributed by atoms with E-state index in [9.17, 15) is 4.79 Å². The van der Waals surface area contributed by atoms with Gasteiger partial charge < -0.3 is 10.1 Å². The summed E-state index contributed by atoms with van der Waals surface area (Å²) in [5, 5.41) is 3.40. The van der Waals surface area contributed by atoms with E-state index in [2.05, 4.69) is 34.6 Å². The van der Waals surface area contributed by atoms with Gasteiger partial charge in [-0.15, -0.1) is 0 Å². The maximum atomic E-state index is 12.3. The van der Waals surface area contributed by atoms with E-state index < -0.39 is 0 Å². The molecule has 0 aliphatic carbocycles. The van der Waals surface area contributed by atoms with Crippen molar-refractivity contribution in [3.8, 4) is 16.9 Å². The Morgan fingerprint density at radius 1 is 0.931 bits per heavy atom. The van der Waals surface area contributed by atoms with Crippen LogP contribution in [0, 0.1) is 0 Å². The number of thioether (sulfide) groups is 1. The van der Waals surface area contributed by atoms with Gasteiger partial charge in [0.25, 0.3) is 5.91 Å². The highest BCUT2D eigenvalue weighted by molar-refractivity contribution is 8.18. The molecular weight excluding hydrogens is 380 g/mol. The molecule has 0 atom stereocenters. The molecule has 3 aromatic carbocycles. The maximum Gasteiger partial charge on any atom is 0.264 e. The first-order valence-electron chi connectivity index (χ1n) is 9.39. The summed E-state index contributed by atoms with van der Waals surface area (Å²) >= 11 is 1.34. The quantitative estimate of drug-likeness (QED) is 0.564.